The Balaban J connectivity index is 1.26. The monoisotopic (exact) mass is 715 g/mol. The molecular weight excluding hydrogens is 675 g/mol. The van der Waals surface area contributed by atoms with E-state index >= 15 is 0 Å². The summed E-state index contributed by atoms with van der Waals surface area (Å²) in [6.45, 7) is 8.34. The second kappa shape index (κ2) is 13.4. The number of allylic oxidation sites excluding steroid dienone is 3. The fourth-order valence-electron chi connectivity index (χ4n) is 9.41. The maximum atomic E-state index is 3.96. The van der Waals surface area contributed by atoms with Crippen molar-refractivity contribution >= 4 is 22.6 Å². The lowest BCUT2D eigenvalue weighted by atomic mass is 9.70. The van der Waals surface area contributed by atoms with E-state index in [1.165, 1.54) is 83.5 Å². The van der Waals surface area contributed by atoms with Crippen LogP contribution in [0.2, 0.25) is 0 Å². The van der Waals surface area contributed by atoms with E-state index in [4.69, 9.17) is 0 Å². The molecule has 0 aromatic heterocycles. The van der Waals surface area contributed by atoms with Gasteiger partial charge in [0.15, 0.2) is 0 Å². The Morgan fingerprint density at radius 1 is 0.464 bits per heavy atom. The van der Waals surface area contributed by atoms with Crippen LogP contribution in [-0.2, 0) is 5.41 Å². The van der Waals surface area contributed by atoms with E-state index in [-0.39, 0.29) is 0 Å². The van der Waals surface area contributed by atoms with Crippen molar-refractivity contribution in [1.29, 1.82) is 0 Å². The minimum absolute atomic E-state index is 0.437. The summed E-state index contributed by atoms with van der Waals surface area (Å²) in [4.78, 5) is 2.48. The molecule has 0 fully saturated rings. The molecule has 56 heavy (non-hydrogen) atoms. The summed E-state index contributed by atoms with van der Waals surface area (Å²) in [6.07, 6.45) is 3.94. The number of rotatable bonds is 7. The number of hydrogen-bond acceptors (Lipinski definition) is 1. The highest BCUT2D eigenvalue weighted by molar-refractivity contribution is 5.97. The first kappa shape index (κ1) is 33.6. The lowest BCUT2D eigenvalue weighted by Crippen LogP contribution is -2.26. The van der Waals surface area contributed by atoms with Gasteiger partial charge >= 0.3 is 0 Å². The number of hydrogen-bond donors (Lipinski definition) is 0. The van der Waals surface area contributed by atoms with Gasteiger partial charge in [0.05, 0.1) is 5.41 Å². The molecule has 1 spiro atoms. The quantitative estimate of drug-likeness (QED) is 0.149. The molecule has 8 aromatic rings. The normalized spacial score (nSPS) is 13.1. The maximum Gasteiger partial charge on any atom is 0.0726 e. The molecule has 8 aromatic carbocycles. The Morgan fingerprint density at radius 3 is 1.48 bits per heavy atom. The molecule has 0 aliphatic heterocycles. The molecule has 0 atom stereocenters. The molecule has 10 rings (SSSR count). The molecule has 0 saturated heterocycles. The maximum absolute atomic E-state index is 3.96. The Bertz CT molecular complexity index is 2720. The standard InChI is InChI=1S/C55H41N/c1-4-17-37(2)41-28-31-54(38(3)32-41)56(45-34-42(39-18-7-5-8-19-39)33-43(35-45)40-20-9-6-10-21-40)44-29-30-49-48-24-13-16-27-52(48)55(53(49)36-44)50-25-14-11-22-46(50)47-23-12-15-26-51(47)55/h4-36H,1H2,2-3H3/b37-17+. The van der Waals surface area contributed by atoms with Gasteiger partial charge in [-0.05, 0) is 140 Å². The lowest BCUT2D eigenvalue weighted by Gasteiger charge is -2.33. The van der Waals surface area contributed by atoms with E-state index < -0.39 is 5.41 Å². The Kier molecular flexibility index (Phi) is 8.04. The third kappa shape index (κ3) is 5.16. The molecule has 0 amide bonds. The SMILES string of the molecule is C=C/C=C(\C)c1ccc(N(c2cc(-c3ccccc3)cc(-c3ccccc3)c2)c2ccc3c(c2)C2(c4ccccc4-c4ccccc42)c2ccccc2-3)c(C)c1. The van der Waals surface area contributed by atoms with Crippen LogP contribution in [0.4, 0.5) is 17.1 Å². The van der Waals surface area contributed by atoms with Gasteiger partial charge < -0.3 is 4.90 Å². The van der Waals surface area contributed by atoms with E-state index in [9.17, 15) is 0 Å². The topological polar surface area (TPSA) is 3.24 Å². The fourth-order valence-corrected chi connectivity index (χ4v) is 9.41. The van der Waals surface area contributed by atoms with Crippen LogP contribution in [0, 0.1) is 6.92 Å². The third-order valence-corrected chi connectivity index (χ3v) is 11.9. The summed E-state index contributed by atoms with van der Waals surface area (Å²) >= 11 is 0. The molecule has 2 aliphatic rings. The largest absolute Gasteiger partial charge is 0.310 e. The zero-order chi connectivity index (χ0) is 37.8. The first-order chi connectivity index (χ1) is 27.6. The Labute approximate surface area is 330 Å². The number of fused-ring (bicyclic) bond motifs is 10. The zero-order valence-corrected chi connectivity index (χ0v) is 31.7. The van der Waals surface area contributed by atoms with Crippen molar-refractivity contribution in [3.05, 3.63) is 240 Å². The minimum atomic E-state index is -0.437. The number of anilines is 3. The van der Waals surface area contributed by atoms with E-state index in [0.717, 1.165) is 17.1 Å². The van der Waals surface area contributed by atoms with E-state index in [1.807, 2.05) is 6.08 Å². The minimum Gasteiger partial charge on any atom is -0.310 e. The lowest BCUT2D eigenvalue weighted by molar-refractivity contribution is 0.793. The third-order valence-electron chi connectivity index (χ3n) is 11.9. The molecule has 0 radical (unpaired) electrons. The molecule has 0 saturated carbocycles. The van der Waals surface area contributed by atoms with Crippen molar-refractivity contribution in [3.63, 3.8) is 0 Å². The van der Waals surface area contributed by atoms with Crippen LogP contribution >= 0.6 is 0 Å². The van der Waals surface area contributed by atoms with Crippen molar-refractivity contribution in [2.75, 3.05) is 4.90 Å². The highest BCUT2D eigenvalue weighted by atomic mass is 15.1. The van der Waals surface area contributed by atoms with E-state index in [1.54, 1.807) is 0 Å². The molecule has 2 aliphatic carbocycles. The molecular formula is C55H41N. The molecule has 0 N–H and O–H groups in total. The number of benzene rings is 8. The van der Waals surface area contributed by atoms with Gasteiger partial charge in [0.2, 0.25) is 0 Å². The average molecular weight is 716 g/mol. The summed E-state index contributed by atoms with van der Waals surface area (Å²) in [7, 11) is 0. The number of aryl methyl sites for hydroxylation is 1. The summed E-state index contributed by atoms with van der Waals surface area (Å²) in [6, 6.07) is 69.7. The van der Waals surface area contributed by atoms with E-state index in [0.29, 0.717) is 0 Å². The molecule has 0 unspecified atom stereocenters. The van der Waals surface area contributed by atoms with Gasteiger partial charge in [-0.25, -0.2) is 0 Å². The second-order valence-corrected chi connectivity index (χ2v) is 15.0. The van der Waals surface area contributed by atoms with Crippen molar-refractivity contribution in [2.24, 2.45) is 0 Å². The zero-order valence-electron chi connectivity index (χ0n) is 31.7. The average Bonchev–Trinajstić information content (AvgIpc) is 3.72. The van der Waals surface area contributed by atoms with E-state index in [2.05, 4.69) is 219 Å². The van der Waals surface area contributed by atoms with Crippen LogP contribution in [0.25, 0.3) is 50.1 Å². The van der Waals surface area contributed by atoms with Gasteiger partial charge in [-0.15, -0.1) is 0 Å². The van der Waals surface area contributed by atoms with Crippen molar-refractivity contribution < 1.29 is 0 Å². The van der Waals surface area contributed by atoms with Crippen molar-refractivity contribution in [1.82, 2.24) is 0 Å². The predicted octanol–water partition coefficient (Wildman–Crippen LogP) is 14.7. The molecule has 1 nitrogen and oxygen atoms in total. The Morgan fingerprint density at radius 2 is 0.964 bits per heavy atom. The first-order valence-corrected chi connectivity index (χ1v) is 19.5. The summed E-state index contributed by atoms with van der Waals surface area (Å²) in [5.41, 5.74) is 21.8. The molecule has 1 heteroatoms. The number of nitrogens with zero attached hydrogens (tertiary/aromatic N) is 1. The van der Waals surface area contributed by atoms with Crippen molar-refractivity contribution in [3.8, 4) is 44.5 Å². The van der Waals surface area contributed by atoms with Crippen molar-refractivity contribution in [2.45, 2.75) is 19.3 Å². The van der Waals surface area contributed by atoms with Crippen LogP contribution in [0.3, 0.4) is 0 Å². The van der Waals surface area contributed by atoms with Crippen LogP contribution in [-0.4, -0.2) is 0 Å². The molecule has 0 bridgehead atoms. The first-order valence-electron chi connectivity index (χ1n) is 19.5. The van der Waals surface area contributed by atoms with Gasteiger partial charge in [0.1, 0.15) is 0 Å². The van der Waals surface area contributed by atoms with Crippen LogP contribution in [0.5, 0.6) is 0 Å². The van der Waals surface area contributed by atoms with Crippen LogP contribution in [0.1, 0.15) is 40.3 Å². The van der Waals surface area contributed by atoms with Crippen LogP contribution in [0.15, 0.2) is 207 Å². The van der Waals surface area contributed by atoms with Gasteiger partial charge in [0.25, 0.3) is 0 Å². The summed E-state index contributed by atoms with van der Waals surface area (Å²) < 4.78 is 0. The van der Waals surface area contributed by atoms with Gasteiger partial charge in [-0.3, -0.25) is 0 Å². The molecule has 0 heterocycles. The van der Waals surface area contributed by atoms with Gasteiger partial charge in [-0.2, -0.15) is 0 Å². The van der Waals surface area contributed by atoms with Gasteiger partial charge in [-0.1, -0.05) is 164 Å². The summed E-state index contributed by atoms with van der Waals surface area (Å²) in [5, 5.41) is 0. The second-order valence-electron chi connectivity index (χ2n) is 15.0. The van der Waals surface area contributed by atoms with Gasteiger partial charge in [0, 0.05) is 17.1 Å². The highest BCUT2D eigenvalue weighted by Crippen LogP contribution is 2.63. The smallest absolute Gasteiger partial charge is 0.0726 e. The molecule has 266 valence electrons. The van der Waals surface area contributed by atoms with Crippen LogP contribution < -0.4 is 4.90 Å². The fraction of sp³-hybridized carbons (Fsp3) is 0.0545. The summed E-state index contributed by atoms with van der Waals surface area (Å²) in [5.74, 6) is 0. The highest BCUT2D eigenvalue weighted by Gasteiger charge is 2.51. The predicted molar refractivity (Wildman–Crippen MR) is 237 cm³/mol. The Hall–Kier alpha value is -6.96.